The standard InChI is InChI=1S/C20H23N3O2/c1-4-16-5-7-18(8-6-16)23-10-9-17(11-21)19(23)20(24)22-12-14(2)25-15(3)13-22/h5-10,14-15H,4,12-13H2,1-3H3. The first-order chi connectivity index (χ1) is 12.0. The van der Waals surface area contributed by atoms with E-state index in [2.05, 4.69) is 25.1 Å². The number of hydrogen-bond acceptors (Lipinski definition) is 3. The van der Waals surface area contributed by atoms with Crippen molar-refractivity contribution >= 4 is 5.91 Å². The normalized spacial score (nSPS) is 20.3. The van der Waals surface area contributed by atoms with Gasteiger partial charge in [0.25, 0.3) is 5.91 Å². The van der Waals surface area contributed by atoms with Gasteiger partial charge >= 0.3 is 0 Å². The molecule has 0 saturated carbocycles. The van der Waals surface area contributed by atoms with Crippen molar-refractivity contribution in [3.63, 3.8) is 0 Å². The van der Waals surface area contributed by atoms with E-state index >= 15 is 0 Å². The highest BCUT2D eigenvalue weighted by molar-refractivity contribution is 5.96. The molecule has 25 heavy (non-hydrogen) atoms. The molecule has 1 aliphatic rings. The van der Waals surface area contributed by atoms with Gasteiger partial charge in [0.15, 0.2) is 0 Å². The Labute approximate surface area is 148 Å². The minimum Gasteiger partial charge on any atom is -0.372 e. The highest BCUT2D eigenvalue weighted by Crippen LogP contribution is 2.22. The first kappa shape index (κ1) is 17.2. The minimum atomic E-state index is -0.122. The molecule has 0 radical (unpaired) electrons. The van der Waals surface area contributed by atoms with Gasteiger partial charge in [0.1, 0.15) is 11.8 Å². The van der Waals surface area contributed by atoms with Crippen LogP contribution in [0, 0.1) is 11.3 Å². The predicted molar refractivity (Wildman–Crippen MR) is 95.8 cm³/mol. The number of hydrogen-bond donors (Lipinski definition) is 0. The van der Waals surface area contributed by atoms with E-state index in [9.17, 15) is 10.1 Å². The van der Waals surface area contributed by atoms with E-state index in [4.69, 9.17) is 4.74 Å². The quantitative estimate of drug-likeness (QED) is 0.864. The van der Waals surface area contributed by atoms with Crippen molar-refractivity contribution in [3.8, 4) is 11.8 Å². The third-order valence-corrected chi connectivity index (χ3v) is 4.54. The van der Waals surface area contributed by atoms with Crippen molar-refractivity contribution in [1.82, 2.24) is 9.47 Å². The Balaban J connectivity index is 1.98. The molecule has 3 rings (SSSR count). The van der Waals surface area contributed by atoms with E-state index in [1.807, 2.05) is 30.5 Å². The summed E-state index contributed by atoms with van der Waals surface area (Å²) in [5.74, 6) is -0.122. The molecule has 1 aliphatic heterocycles. The molecule has 130 valence electrons. The largest absolute Gasteiger partial charge is 0.372 e. The summed E-state index contributed by atoms with van der Waals surface area (Å²) in [6.45, 7) is 7.10. The Morgan fingerprint density at radius 2 is 1.84 bits per heavy atom. The summed E-state index contributed by atoms with van der Waals surface area (Å²) in [6.07, 6.45) is 2.74. The van der Waals surface area contributed by atoms with Gasteiger partial charge in [-0.15, -0.1) is 0 Å². The van der Waals surface area contributed by atoms with Crippen molar-refractivity contribution in [2.24, 2.45) is 0 Å². The lowest BCUT2D eigenvalue weighted by Crippen LogP contribution is -2.48. The van der Waals surface area contributed by atoms with Gasteiger partial charge in [0.05, 0.1) is 17.8 Å². The van der Waals surface area contributed by atoms with Crippen LogP contribution in [0.25, 0.3) is 5.69 Å². The number of aryl methyl sites for hydroxylation is 1. The van der Waals surface area contributed by atoms with Crippen LogP contribution in [0.1, 0.15) is 42.4 Å². The Bertz CT molecular complexity index is 791. The zero-order valence-electron chi connectivity index (χ0n) is 14.9. The molecule has 5 heteroatoms. The van der Waals surface area contributed by atoms with Crippen LogP contribution in [0.3, 0.4) is 0 Å². The minimum absolute atomic E-state index is 0.00881. The topological polar surface area (TPSA) is 58.3 Å². The molecule has 1 saturated heterocycles. The Kier molecular flexibility index (Phi) is 4.91. The summed E-state index contributed by atoms with van der Waals surface area (Å²) < 4.78 is 7.53. The molecule has 2 heterocycles. The molecule has 5 nitrogen and oxygen atoms in total. The molecule has 0 spiro atoms. The number of aromatic nitrogens is 1. The third kappa shape index (κ3) is 3.45. The average Bonchev–Trinajstić information content (AvgIpc) is 3.04. The molecule has 1 aromatic carbocycles. The number of morpholine rings is 1. The third-order valence-electron chi connectivity index (χ3n) is 4.54. The maximum atomic E-state index is 13.1. The smallest absolute Gasteiger partial charge is 0.272 e. The number of nitriles is 1. The van der Waals surface area contributed by atoms with Gasteiger partial charge in [-0.2, -0.15) is 5.26 Å². The molecular weight excluding hydrogens is 314 g/mol. The summed E-state index contributed by atoms with van der Waals surface area (Å²) in [6, 6.07) is 11.9. The molecule has 0 aliphatic carbocycles. The fourth-order valence-electron chi connectivity index (χ4n) is 3.34. The number of amides is 1. The van der Waals surface area contributed by atoms with Crippen LogP contribution < -0.4 is 0 Å². The van der Waals surface area contributed by atoms with E-state index in [0.29, 0.717) is 24.3 Å². The van der Waals surface area contributed by atoms with Gasteiger partial charge in [-0.1, -0.05) is 19.1 Å². The second-order valence-corrected chi connectivity index (χ2v) is 6.55. The van der Waals surface area contributed by atoms with Gasteiger partial charge in [-0.05, 0) is 44.0 Å². The van der Waals surface area contributed by atoms with Crippen LogP contribution in [-0.2, 0) is 11.2 Å². The van der Waals surface area contributed by atoms with Crippen molar-refractivity contribution in [1.29, 1.82) is 5.26 Å². The Morgan fingerprint density at radius 1 is 1.20 bits per heavy atom. The highest BCUT2D eigenvalue weighted by Gasteiger charge is 2.30. The van der Waals surface area contributed by atoms with Crippen molar-refractivity contribution < 1.29 is 9.53 Å². The van der Waals surface area contributed by atoms with E-state index < -0.39 is 0 Å². The van der Waals surface area contributed by atoms with E-state index in [0.717, 1.165) is 12.1 Å². The first-order valence-electron chi connectivity index (χ1n) is 8.69. The fourth-order valence-corrected chi connectivity index (χ4v) is 3.34. The number of carbonyl (C=O) groups excluding carboxylic acids is 1. The van der Waals surface area contributed by atoms with Crippen molar-refractivity contribution in [3.05, 3.63) is 53.3 Å². The predicted octanol–water partition coefficient (Wildman–Crippen LogP) is 3.16. The van der Waals surface area contributed by atoms with Gasteiger partial charge in [0, 0.05) is 25.0 Å². The Hall–Kier alpha value is -2.58. The number of rotatable bonds is 3. The van der Waals surface area contributed by atoms with Crippen LogP contribution in [0.4, 0.5) is 0 Å². The molecule has 1 aromatic heterocycles. The van der Waals surface area contributed by atoms with Gasteiger partial charge < -0.3 is 14.2 Å². The SMILES string of the molecule is CCc1ccc(-n2ccc(C#N)c2C(=O)N2CC(C)OC(C)C2)cc1. The van der Waals surface area contributed by atoms with Crippen molar-refractivity contribution in [2.75, 3.05) is 13.1 Å². The van der Waals surface area contributed by atoms with E-state index in [1.165, 1.54) is 5.56 Å². The molecule has 1 amide bonds. The lowest BCUT2D eigenvalue weighted by molar-refractivity contribution is -0.0588. The lowest BCUT2D eigenvalue weighted by atomic mass is 10.1. The molecule has 2 atom stereocenters. The van der Waals surface area contributed by atoms with Gasteiger partial charge in [0.2, 0.25) is 0 Å². The second-order valence-electron chi connectivity index (χ2n) is 6.55. The second kappa shape index (κ2) is 7.12. The van der Waals surface area contributed by atoms with Crippen LogP contribution in [-0.4, -0.2) is 40.7 Å². The number of benzene rings is 1. The summed E-state index contributed by atoms with van der Waals surface area (Å²) in [5.41, 5.74) is 2.95. The molecule has 1 fully saturated rings. The molecule has 2 aromatic rings. The van der Waals surface area contributed by atoms with Crippen molar-refractivity contribution in [2.45, 2.75) is 39.4 Å². The van der Waals surface area contributed by atoms with Crippen LogP contribution >= 0.6 is 0 Å². The maximum Gasteiger partial charge on any atom is 0.272 e. The summed E-state index contributed by atoms with van der Waals surface area (Å²) in [7, 11) is 0. The molecule has 0 N–H and O–H groups in total. The average molecular weight is 337 g/mol. The highest BCUT2D eigenvalue weighted by atomic mass is 16.5. The number of carbonyl (C=O) groups is 1. The summed E-state index contributed by atoms with van der Waals surface area (Å²) in [5, 5.41) is 9.45. The van der Waals surface area contributed by atoms with Crippen LogP contribution in [0.15, 0.2) is 36.5 Å². The molecule has 0 bridgehead atoms. The van der Waals surface area contributed by atoms with Crippen LogP contribution in [0.5, 0.6) is 0 Å². The van der Waals surface area contributed by atoms with Gasteiger partial charge in [-0.3, -0.25) is 4.79 Å². The molecular formula is C20H23N3O2. The monoisotopic (exact) mass is 337 g/mol. The van der Waals surface area contributed by atoms with Crippen LogP contribution in [0.2, 0.25) is 0 Å². The first-order valence-corrected chi connectivity index (χ1v) is 8.69. The summed E-state index contributed by atoms with van der Waals surface area (Å²) in [4.78, 5) is 14.9. The van der Waals surface area contributed by atoms with E-state index in [-0.39, 0.29) is 18.1 Å². The van der Waals surface area contributed by atoms with E-state index in [1.54, 1.807) is 17.2 Å². The Morgan fingerprint density at radius 3 is 2.40 bits per heavy atom. The van der Waals surface area contributed by atoms with Gasteiger partial charge in [-0.25, -0.2) is 0 Å². The summed E-state index contributed by atoms with van der Waals surface area (Å²) >= 11 is 0. The lowest BCUT2D eigenvalue weighted by Gasteiger charge is -2.35. The maximum absolute atomic E-state index is 13.1. The number of nitrogens with zero attached hydrogens (tertiary/aromatic N) is 3. The molecule has 2 unspecified atom stereocenters. The zero-order chi connectivity index (χ0) is 18.0. The zero-order valence-corrected chi connectivity index (χ0v) is 14.9. The fraction of sp³-hybridized carbons (Fsp3) is 0.400. The number of ether oxygens (including phenoxy) is 1.